The first-order valence-electron chi connectivity index (χ1n) is 6.40. The number of rotatable bonds is 4. The van der Waals surface area contributed by atoms with Crippen molar-refractivity contribution in [3.05, 3.63) is 50.1 Å². The zero-order valence-corrected chi connectivity index (χ0v) is 13.5. The van der Waals surface area contributed by atoms with Crippen molar-refractivity contribution in [3.8, 4) is 17.0 Å². The van der Waals surface area contributed by atoms with Crippen molar-refractivity contribution in [2.75, 3.05) is 6.61 Å². The van der Waals surface area contributed by atoms with E-state index >= 15 is 0 Å². The lowest BCUT2D eigenvalue weighted by Gasteiger charge is -2.13. The second-order valence-electron chi connectivity index (χ2n) is 4.19. The Morgan fingerprint density at radius 1 is 1.25 bits per heavy atom. The summed E-state index contributed by atoms with van der Waals surface area (Å²) >= 11 is 1.99. The van der Waals surface area contributed by atoms with Crippen molar-refractivity contribution in [1.82, 2.24) is 4.57 Å². The van der Waals surface area contributed by atoms with E-state index in [1.165, 1.54) is 6.07 Å². The highest BCUT2D eigenvalue weighted by atomic mass is 127. The minimum atomic E-state index is -0.390. The molecular formula is C15H15FINO2. The van der Waals surface area contributed by atoms with E-state index < -0.39 is 5.82 Å². The van der Waals surface area contributed by atoms with Crippen LogP contribution >= 0.6 is 22.6 Å². The maximum atomic E-state index is 14.2. The van der Waals surface area contributed by atoms with Crippen LogP contribution in [0.5, 0.6) is 5.75 Å². The fourth-order valence-electron chi connectivity index (χ4n) is 2.06. The van der Waals surface area contributed by atoms with E-state index in [1.54, 1.807) is 28.8 Å². The number of hydrogen-bond acceptors (Lipinski definition) is 2. The predicted molar refractivity (Wildman–Crippen MR) is 85.7 cm³/mol. The van der Waals surface area contributed by atoms with Crippen molar-refractivity contribution in [2.45, 2.75) is 20.4 Å². The molecule has 0 saturated heterocycles. The third-order valence-corrected chi connectivity index (χ3v) is 3.79. The molecule has 0 unspecified atom stereocenters. The third kappa shape index (κ3) is 2.87. The van der Waals surface area contributed by atoms with Gasteiger partial charge in [-0.3, -0.25) is 4.79 Å². The van der Waals surface area contributed by atoms with Crippen LogP contribution in [0.4, 0.5) is 4.39 Å². The zero-order valence-electron chi connectivity index (χ0n) is 11.3. The maximum Gasteiger partial charge on any atom is 0.264 e. The molecule has 0 fully saturated rings. The molecule has 5 heteroatoms. The highest BCUT2D eigenvalue weighted by molar-refractivity contribution is 14.1. The van der Waals surface area contributed by atoms with Gasteiger partial charge < -0.3 is 9.30 Å². The van der Waals surface area contributed by atoms with E-state index in [0.29, 0.717) is 33.7 Å². The largest absolute Gasteiger partial charge is 0.494 e. The van der Waals surface area contributed by atoms with Gasteiger partial charge in [-0.25, -0.2) is 4.39 Å². The molecule has 0 bridgehead atoms. The SMILES string of the molecule is CCOc1ccc(-c2ccc(I)c(=O)n2CC)c(F)c1. The Kier molecular flexibility index (Phi) is 4.80. The third-order valence-electron chi connectivity index (χ3n) is 2.97. The molecule has 0 saturated carbocycles. The first-order valence-corrected chi connectivity index (χ1v) is 7.48. The smallest absolute Gasteiger partial charge is 0.264 e. The van der Waals surface area contributed by atoms with E-state index in [9.17, 15) is 9.18 Å². The summed E-state index contributed by atoms with van der Waals surface area (Å²) in [5, 5.41) is 0. The van der Waals surface area contributed by atoms with Crippen LogP contribution in [0.15, 0.2) is 35.1 Å². The van der Waals surface area contributed by atoms with E-state index in [4.69, 9.17) is 4.74 Å². The molecule has 0 aliphatic carbocycles. The molecule has 1 heterocycles. The first-order chi connectivity index (χ1) is 9.58. The lowest BCUT2D eigenvalue weighted by atomic mass is 10.1. The van der Waals surface area contributed by atoms with Gasteiger partial charge in [-0.1, -0.05) is 0 Å². The van der Waals surface area contributed by atoms with Crippen LogP contribution in [-0.4, -0.2) is 11.2 Å². The molecule has 106 valence electrons. The van der Waals surface area contributed by atoms with Gasteiger partial charge in [0.05, 0.1) is 15.9 Å². The number of aromatic nitrogens is 1. The molecule has 2 aromatic rings. The molecule has 3 nitrogen and oxygen atoms in total. The minimum Gasteiger partial charge on any atom is -0.494 e. The summed E-state index contributed by atoms with van der Waals surface area (Å²) in [5.74, 6) is 0.100. The van der Waals surface area contributed by atoms with Gasteiger partial charge in [0.2, 0.25) is 0 Å². The predicted octanol–water partition coefficient (Wildman–Crippen LogP) is 3.68. The van der Waals surface area contributed by atoms with Crippen LogP contribution in [0.1, 0.15) is 13.8 Å². The fraction of sp³-hybridized carbons (Fsp3) is 0.267. The lowest BCUT2D eigenvalue weighted by molar-refractivity contribution is 0.338. The second-order valence-corrected chi connectivity index (χ2v) is 5.35. The minimum absolute atomic E-state index is 0.0983. The van der Waals surface area contributed by atoms with Crippen molar-refractivity contribution >= 4 is 22.6 Å². The van der Waals surface area contributed by atoms with Crippen LogP contribution in [0, 0.1) is 9.39 Å². The Balaban J connectivity index is 2.57. The number of halogens is 2. The van der Waals surface area contributed by atoms with Crippen LogP contribution in [-0.2, 0) is 6.54 Å². The van der Waals surface area contributed by atoms with Crippen molar-refractivity contribution in [1.29, 1.82) is 0 Å². The fourth-order valence-corrected chi connectivity index (χ4v) is 2.53. The summed E-state index contributed by atoms with van der Waals surface area (Å²) in [6.45, 7) is 4.70. The lowest BCUT2D eigenvalue weighted by Crippen LogP contribution is -2.23. The van der Waals surface area contributed by atoms with Gasteiger partial charge in [0.1, 0.15) is 11.6 Å². The number of nitrogens with zero attached hydrogens (tertiary/aromatic N) is 1. The highest BCUT2D eigenvalue weighted by Gasteiger charge is 2.12. The van der Waals surface area contributed by atoms with E-state index in [-0.39, 0.29) is 5.56 Å². The van der Waals surface area contributed by atoms with Gasteiger partial charge >= 0.3 is 0 Å². The summed E-state index contributed by atoms with van der Waals surface area (Å²) in [6.07, 6.45) is 0. The molecule has 20 heavy (non-hydrogen) atoms. The molecule has 0 radical (unpaired) electrons. The highest BCUT2D eigenvalue weighted by Crippen LogP contribution is 2.26. The Labute approximate surface area is 130 Å². The molecule has 0 aliphatic heterocycles. The van der Waals surface area contributed by atoms with Crippen molar-refractivity contribution in [3.63, 3.8) is 0 Å². The molecule has 1 aromatic carbocycles. The molecule has 2 rings (SSSR count). The van der Waals surface area contributed by atoms with Gasteiger partial charge in [0.15, 0.2) is 0 Å². The van der Waals surface area contributed by atoms with Gasteiger partial charge in [-0.2, -0.15) is 0 Å². The van der Waals surface area contributed by atoms with Gasteiger partial charge in [-0.15, -0.1) is 0 Å². The van der Waals surface area contributed by atoms with Gasteiger partial charge in [-0.05, 0) is 60.7 Å². The number of hydrogen-bond donors (Lipinski definition) is 0. The van der Waals surface area contributed by atoms with E-state index in [1.807, 2.05) is 36.4 Å². The van der Waals surface area contributed by atoms with Crippen LogP contribution < -0.4 is 10.3 Å². The number of ether oxygens (including phenoxy) is 1. The Bertz CT molecular complexity index is 682. The Hall–Kier alpha value is -1.37. The second kappa shape index (κ2) is 6.39. The van der Waals surface area contributed by atoms with Crippen LogP contribution in [0.25, 0.3) is 11.3 Å². The normalized spacial score (nSPS) is 10.6. The van der Waals surface area contributed by atoms with Crippen LogP contribution in [0.2, 0.25) is 0 Å². The quantitative estimate of drug-likeness (QED) is 0.750. The number of pyridine rings is 1. The van der Waals surface area contributed by atoms with Gasteiger partial charge in [0.25, 0.3) is 5.56 Å². The average Bonchev–Trinajstić information content (AvgIpc) is 2.43. The summed E-state index contributed by atoms with van der Waals surface area (Å²) in [7, 11) is 0. The monoisotopic (exact) mass is 387 g/mol. The first kappa shape index (κ1) is 15.0. The molecule has 0 aliphatic rings. The molecular weight excluding hydrogens is 372 g/mol. The van der Waals surface area contributed by atoms with E-state index in [0.717, 1.165) is 0 Å². The molecule has 0 N–H and O–H groups in total. The molecule has 0 atom stereocenters. The Morgan fingerprint density at radius 3 is 2.60 bits per heavy atom. The maximum absolute atomic E-state index is 14.2. The van der Waals surface area contributed by atoms with E-state index in [2.05, 4.69) is 0 Å². The van der Waals surface area contributed by atoms with Gasteiger partial charge in [0, 0.05) is 18.2 Å². The van der Waals surface area contributed by atoms with Crippen molar-refractivity contribution in [2.24, 2.45) is 0 Å². The van der Waals surface area contributed by atoms with Crippen LogP contribution in [0.3, 0.4) is 0 Å². The zero-order chi connectivity index (χ0) is 14.7. The number of benzene rings is 1. The molecule has 0 spiro atoms. The van der Waals surface area contributed by atoms with Crippen molar-refractivity contribution < 1.29 is 9.13 Å². The summed E-state index contributed by atoms with van der Waals surface area (Å²) in [6, 6.07) is 8.19. The summed E-state index contributed by atoms with van der Waals surface area (Å²) in [5.41, 5.74) is 0.890. The molecule has 0 amide bonds. The summed E-state index contributed by atoms with van der Waals surface area (Å²) in [4.78, 5) is 12.1. The Morgan fingerprint density at radius 2 is 2.00 bits per heavy atom. The topological polar surface area (TPSA) is 31.2 Å². The summed E-state index contributed by atoms with van der Waals surface area (Å²) < 4.78 is 21.7. The standard InChI is InChI=1S/C15H15FINO2/c1-3-18-14(8-7-13(17)15(18)19)11-6-5-10(20-4-2)9-12(11)16/h5-9H,3-4H2,1-2H3. The average molecular weight is 387 g/mol. The molecule has 1 aromatic heterocycles.